The molecular weight excluding hydrogens is 554 g/mol. The number of carboxylic acid groups (broad SMARTS) is 1. The van der Waals surface area contributed by atoms with E-state index in [4.69, 9.17) is 34.2 Å². The Morgan fingerprint density at radius 1 is 0.762 bits per heavy atom. The van der Waals surface area contributed by atoms with Gasteiger partial charge in [0, 0.05) is 31.4 Å². The molecule has 1 aliphatic heterocycles. The Kier molecular flexibility index (Phi) is 14.0. The molecule has 0 bridgehead atoms. The van der Waals surface area contributed by atoms with Crippen LogP contribution in [0.3, 0.4) is 0 Å². The number of benzene rings is 1. The van der Waals surface area contributed by atoms with Gasteiger partial charge in [0.1, 0.15) is 24.0 Å². The van der Waals surface area contributed by atoms with Crippen molar-refractivity contribution in [2.24, 2.45) is 0 Å². The Hall–Kier alpha value is -3.87. The number of hydrogen-bond acceptors (Lipinski definition) is 12. The van der Waals surface area contributed by atoms with Crippen molar-refractivity contribution in [3.63, 3.8) is 0 Å². The van der Waals surface area contributed by atoms with Gasteiger partial charge in [-0.05, 0) is 43.9 Å². The third kappa shape index (κ3) is 10.2. The Morgan fingerprint density at radius 2 is 1.26 bits per heavy atom. The van der Waals surface area contributed by atoms with Crippen LogP contribution in [0, 0.1) is 0 Å². The summed E-state index contributed by atoms with van der Waals surface area (Å²) >= 11 is 0. The summed E-state index contributed by atoms with van der Waals surface area (Å²) in [4.78, 5) is 62.3. The second-order valence-corrected chi connectivity index (χ2v) is 9.77. The van der Waals surface area contributed by atoms with Gasteiger partial charge < -0.3 is 39.3 Å². The van der Waals surface area contributed by atoms with E-state index >= 15 is 0 Å². The second-order valence-electron chi connectivity index (χ2n) is 9.77. The third-order valence-corrected chi connectivity index (χ3v) is 6.10. The van der Waals surface area contributed by atoms with Crippen LogP contribution in [0.5, 0.6) is 5.75 Å². The van der Waals surface area contributed by atoms with Crippen molar-refractivity contribution >= 4 is 35.5 Å². The number of rotatable bonds is 16. The summed E-state index contributed by atoms with van der Waals surface area (Å²) < 4.78 is 34.5. The first-order valence-corrected chi connectivity index (χ1v) is 14.2. The molecule has 1 aromatic rings. The number of carbonyl (C=O) groups is 5. The van der Waals surface area contributed by atoms with Gasteiger partial charge in [-0.15, -0.1) is 0 Å². The van der Waals surface area contributed by atoms with Gasteiger partial charge in [0.25, 0.3) is 0 Å². The molecule has 0 amide bonds. The maximum absolute atomic E-state index is 12.8. The summed E-state index contributed by atoms with van der Waals surface area (Å²) in [6.07, 6.45) is -5.10. The molecule has 234 valence electrons. The summed E-state index contributed by atoms with van der Waals surface area (Å²) in [6.45, 7) is 6.66. The zero-order valence-corrected chi connectivity index (χ0v) is 24.5. The zero-order chi connectivity index (χ0) is 31.2. The molecule has 0 spiro atoms. The fraction of sp³-hybridized carbons (Fsp3) is 0.621. The van der Waals surface area contributed by atoms with E-state index in [1.54, 1.807) is 27.7 Å². The number of nitrogen functional groups attached to an aromatic ring is 1. The number of hydrogen-bond donors (Lipinski definition) is 2. The molecule has 1 fully saturated rings. The minimum Gasteiger partial charge on any atom is -0.478 e. The third-order valence-electron chi connectivity index (χ3n) is 6.10. The van der Waals surface area contributed by atoms with Crippen LogP contribution < -0.4 is 10.5 Å². The molecule has 1 heterocycles. The van der Waals surface area contributed by atoms with Crippen LogP contribution >= 0.6 is 0 Å². The molecule has 0 radical (unpaired) electrons. The summed E-state index contributed by atoms with van der Waals surface area (Å²) in [5.74, 6) is -4.07. The Labute approximate surface area is 244 Å². The second kappa shape index (κ2) is 17.2. The molecule has 1 aromatic carbocycles. The topological polar surface area (TPSA) is 187 Å². The van der Waals surface area contributed by atoms with Gasteiger partial charge in [-0.1, -0.05) is 27.7 Å². The maximum Gasteiger partial charge on any atom is 0.339 e. The van der Waals surface area contributed by atoms with Crippen LogP contribution in [0.1, 0.15) is 89.4 Å². The highest BCUT2D eigenvalue weighted by molar-refractivity contribution is 5.92. The minimum absolute atomic E-state index is 0.000554. The first-order valence-electron chi connectivity index (χ1n) is 14.2. The van der Waals surface area contributed by atoms with Crippen molar-refractivity contribution in [1.82, 2.24) is 0 Å². The molecule has 0 unspecified atom stereocenters. The van der Waals surface area contributed by atoms with Crippen molar-refractivity contribution in [3.05, 3.63) is 23.8 Å². The molecular formula is C29H41NO12. The Bertz CT molecular complexity index is 1090. The summed E-state index contributed by atoms with van der Waals surface area (Å²) in [5, 5.41) is 9.72. The van der Waals surface area contributed by atoms with E-state index in [9.17, 15) is 29.1 Å². The van der Waals surface area contributed by atoms with E-state index in [1.165, 1.54) is 18.2 Å². The molecule has 13 nitrogen and oxygen atoms in total. The van der Waals surface area contributed by atoms with Gasteiger partial charge in [-0.3, -0.25) is 19.2 Å². The lowest BCUT2D eigenvalue weighted by atomic mass is 9.97. The van der Waals surface area contributed by atoms with E-state index < -0.39 is 67.2 Å². The highest BCUT2D eigenvalue weighted by Gasteiger charge is 2.54. The number of carbonyl (C=O) groups excluding carboxylic acids is 4. The Morgan fingerprint density at radius 3 is 1.79 bits per heavy atom. The molecule has 1 aliphatic rings. The lowest BCUT2D eigenvalue weighted by Crippen LogP contribution is -2.64. The standard InChI is InChI=1S/C29H41NO12/c1-5-9-21(31)37-16-20-25(40-22(32)10-6-2)26(41-23(33)11-7-3)27(42-24(34)12-8-4)29(39-20)38-19-14-13-17(30)15-18(19)28(35)36/h13-15,20,25-27,29H,5-12,16,30H2,1-4H3,(H,35,36)/t20-,25-,26+,27-,29+/m1/s1. The molecule has 13 heteroatoms. The summed E-state index contributed by atoms with van der Waals surface area (Å²) in [6, 6.07) is 3.88. The number of ether oxygens (including phenoxy) is 6. The fourth-order valence-electron chi connectivity index (χ4n) is 4.15. The minimum atomic E-state index is -1.57. The van der Waals surface area contributed by atoms with Crippen molar-refractivity contribution in [2.45, 2.75) is 110 Å². The molecule has 2 rings (SSSR count). The number of nitrogens with two attached hydrogens (primary N) is 1. The lowest BCUT2D eigenvalue weighted by molar-refractivity contribution is -0.289. The van der Waals surface area contributed by atoms with Crippen LogP contribution in [0.2, 0.25) is 0 Å². The summed E-state index contributed by atoms with van der Waals surface area (Å²) in [5.41, 5.74) is 5.61. The van der Waals surface area contributed by atoms with Gasteiger partial charge in [-0.25, -0.2) is 4.79 Å². The van der Waals surface area contributed by atoms with Gasteiger partial charge in [0.15, 0.2) is 12.2 Å². The van der Waals surface area contributed by atoms with Crippen LogP contribution in [0.4, 0.5) is 5.69 Å². The van der Waals surface area contributed by atoms with Crippen molar-refractivity contribution in [3.8, 4) is 5.75 Å². The molecule has 3 N–H and O–H groups in total. The van der Waals surface area contributed by atoms with Crippen molar-refractivity contribution < 1.29 is 57.5 Å². The first kappa shape index (κ1) is 34.3. The number of anilines is 1. The summed E-state index contributed by atoms with van der Waals surface area (Å²) in [7, 11) is 0. The van der Waals surface area contributed by atoms with Crippen LogP contribution in [-0.4, -0.2) is 72.3 Å². The van der Waals surface area contributed by atoms with Crippen molar-refractivity contribution in [2.75, 3.05) is 12.3 Å². The maximum atomic E-state index is 12.8. The predicted molar refractivity (Wildman–Crippen MR) is 147 cm³/mol. The average Bonchev–Trinajstić information content (AvgIpc) is 2.92. The predicted octanol–water partition coefficient (Wildman–Crippen LogP) is 3.55. The normalized spacial score (nSPS) is 21.6. The lowest BCUT2D eigenvalue weighted by Gasteiger charge is -2.44. The SMILES string of the molecule is CCCC(=O)OC[C@H]1O[C@H](Oc2ccc(N)cc2C(=O)O)[C@H](OC(=O)CCC)[C@@H](OC(=O)CCC)[C@@H]1OC(=O)CCC. The number of aromatic carboxylic acids is 1. The van der Waals surface area contributed by atoms with Crippen LogP contribution in [0.15, 0.2) is 18.2 Å². The highest BCUT2D eigenvalue weighted by atomic mass is 16.7. The smallest absolute Gasteiger partial charge is 0.339 e. The van der Waals surface area contributed by atoms with E-state index in [1.807, 2.05) is 0 Å². The monoisotopic (exact) mass is 595 g/mol. The largest absolute Gasteiger partial charge is 0.478 e. The van der Waals surface area contributed by atoms with E-state index in [0.29, 0.717) is 25.7 Å². The van der Waals surface area contributed by atoms with Gasteiger partial charge in [0.05, 0.1) is 0 Å². The number of esters is 4. The molecule has 42 heavy (non-hydrogen) atoms. The molecule has 0 saturated carbocycles. The number of carboxylic acids is 1. The Balaban J connectivity index is 2.62. The molecule has 1 saturated heterocycles. The van der Waals surface area contributed by atoms with E-state index in [-0.39, 0.29) is 42.7 Å². The van der Waals surface area contributed by atoms with Gasteiger partial charge in [0.2, 0.25) is 12.4 Å². The van der Waals surface area contributed by atoms with Crippen molar-refractivity contribution in [1.29, 1.82) is 0 Å². The van der Waals surface area contributed by atoms with Gasteiger partial charge >= 0.3 is 29.8 Å². The quantitative estimate of drug-likeness (QED) is 0.161. The van der Waals surface area contributed by atoms with E-state index in [0.717, 1.165) is 0 Å². The molecule has 5 atom stereocenters. The van der Waals surface area contributed by atoms with Gasteiger partial charge in [-0.2, -0.15) is 0 Å². The highest BCUT2D eigenvalue weighted by Crippen LogP contribution is 2.33. The average molecular weight is 596 g/mol. The van der Waals surface area contributed by atoms with E-state index in [2.05, 4.69) is 0 Å². The molecule has 0 aromatic heterocycles. The fourth-order valence-corrected chi connectivity index (χ4v) is 4.15. The zero-order valence-electron chi connectivity index (χ0n) is 24.5. The first-order chi connectivity index (χ1) is 20.0. The molecule has 0 aliphatic carbocycles. The van der Waals surface area contributed by atoms with Crippen LogP contribution in [-0.2, 0) is 42.9 Å². The van der Waals surface area contributed by atoms with Crippen LogP contribution in [0.25, 0.3) is 0 Å².